The normalized spacial score (nSPS) is 16.6. The molecule has 1 saturated carbocycles. The van der Waals surface area contributed by atoms with Crippen LogP contribution >= 0.6 is 0 Å². The Morgan fingerprint density at radius 3 is 2.38 bits per heavy atom. The van der Waals surface area contributed by atoms with Crippen LogP contribution in [0.25, 0.3) is 0 Å². The summed E-state index contributed by atoms with van der Waals surface area (Å²) in [5, 5.41) is 9.39. The Bertz CT molecular complexity index is 443. The molecule has 1 aliphatic rings. The molecule has 0 unspecified atom stereocenters. The van der Waals surface area contributed by atoms with Gasteiger partial charge in [-0.1, -0.05) is 6.42 Å². The molecule has 3 N–H and O–H groups in total. The number of ether oxygens (including phenoxy) is 2. The van der Waals surface area contributed by atoms with Crippen molar-refractivity contribution in [3.8, 4) is 0 Å². The highest BCUT2D eigenvalue weighted by Crippen LogP contribution is 2.44. The first-order valence-electron chi connectivity index (χ1n) is 9.78. The number of carbonyl (C=O) groups is 1. The number of aliphatic imine (C=N–C) groups is 1. The summed E-state index contributed by atoms with van der Waals surface area (Å²) in [4.78, 5) is 16.4. The van der Waals surface area contributed by atoms with Gasteiger partial charge in [0.15, 0.2) is 5.96 Å². The van der Waals surface area contributed by atoms with Gasteiger partial charge in [0.25, 0.3) is 0 Å². The number of hydrogen-bond acceptors (Lipinski definition) is 4. The smallest absolute Gasteiger partial charge is 0.407 e. The first kappa shape index (κ1) is 22.5. The third-order valence-corrected chi connectivity index (χ3v) is 4.48. The molecule has 0 heterocycles. The molecular formula is C19H38N4O3. The van der Waals surface area contributed by atoms with E-state index in [1.165, 1.54) is 19.3 Å². The van der Waals surface area contributed by atoms with Gasteiger partial charge in [-0.15, -0.1) is 0 Å². The predicted molar refractivity (Wildman–Crippen MR) is 106 cm³/mol. The molecule has 0 aliphatic heterocycles. The SMILES string of the molecule is CCNC(=NCC1(CCOC)CCC1)NCCCNC(=O)OC(C)(C)C. The fourth-order valence-corrected chi connectivity index (χ4v) is 2.87. The lowest BCUT2D eigenvalue weighted by Gasteiger charge is -2.40. The van der Waals surface area contributed by atoms with E-state index < -0.39 is 5.60 Å². The van der Waals surface area contributed by atoms with Gasteiger partial charge < -0.3 is 25.4 Å². The number of rotatable bonds is 10. The molecule has 1 amide bonds. The number of guanidine groups is 1. The topological polar surface area (TPSA) is 84.0 Å². The van der Waals surface area contributed by atoms with Crippen molar-refractivity contribution in [2.75, 3.05) is 39.9 Å². The lowest BCUT2D eigenvalue weighted by Crippen LogP contribution is -2.41. The predicted octanol–water partition coefficient (Wildman–Crippen LogP) is 2.66. The summed E-state index contributed by atoms with van der Waals surface area (Å²) in [5.41, 5.74) is -0.149. The highest BCUT2D eigenvalue weighted by Gasteiger charge is 2.36. The number of carbonyl (C=O) groups excluding carboxylic acids is 1. The number of nitrogens with zero attached hydrogens (tertiary/aromatic N) is 1. The highest BCUT2D eigenvalue weighted by atomic mass is 16.6. The third-order valence-electron chi connectivity index (χ3n) is 4.48. The first-order chi connectivity index (χ1) is 12.3. The van der Waals surface area contributed by atoms with Gasteiger partial charge in [0.1, 0.15) is 5.60 Å². The van der Waals surface area contributed by atoms with Crippen LogP contribution in [0.15, 0.2) is 4.99 Å². The van der Waals surface area contributed by atoms with Crippen molar-refractivity contribution in [3.05, 3.63) is 0 Å². The quantitative estimate of drug-likeness (QED) is 0.313. The summed E-state index contributed by atoms with van der Waals surface area (Å²) >= 11 is 0. The summed E-state index contributed by atoms with van der Waals surface area (Å²) < 4.78 is 10.5. The van der Waals surface area contributed by atoms with E-state index in [1.54, 1.807) is 7.11 Å². The van der Waals surface area contributed by atoms with E-state index in [1.807, 2.05) is 20.8 Å². The lowest BCUT2D eigenvalue weighted by molar-refractivity contribution is 0.0527. The van der Waals surface area contributed by atoms with Crippen LogP contribution in [0, 0.1) is 5.41 Å². The van der Waals surface area contributed by atoms with E-state index in [-0.39, 0.29) is 6.09 Å². The van der Waals surface area contributed by atoms with E-state index in [4.69, 9.17) is 14.5 Å². The second-order valence-corrected chi connectivity index (χ2v) is 8.00. The molecule has 1 rings (SSSR count). The van der Waals surface area contributed by atoms with Gasteiger partial charge in [0.05, 0.1) is 0 Å². The van der Waals surface area contributed by atoms with Gasteiger partial charge in [-0.2, -0.15) is 0 Å². The monoisotopic (exact) mass is 370 g/mol. The lowest BCUT2D eigenvalue weighted by atomic mass is 9.67. The minimum Gasteiger partial charge on any atom is -0.444 e. The van der Waals surface area contributed by atoms with Gasteiger partial charge in [-0.3, -0.25) is 4.99 Å². The van der Waals surface area contributed by atoms with E-state index in [2.05, 4.69) is 22.9 Å². The molecule has 7 heteroatoms. The van der Waals surface area contributed by atoms with Crippen LogP contribution in [0.1, 0.15) is 59.8 Å². The third kappa shape index (κ3) is 9.27. The number of nitrogens with one attached hydrogen (secondary N) is 3. The summed E-state index contributed by atoms with van der Waals surface area (Å²) in [6, 6.07) is 0. The molecule has 26 heavy (non-hydrogen) atoms. The van der Waals surface area contributed by atoms with Crippen LogP contribution in [0.5, 0.6) is 0 Å². The molecule has 0 aromatic rings. The van der Waals surface area contributed by atoms with Crippen LogP contribution in [0.4, 0.5) is 4.79 Å². The van der Waals surface area contributed by atoms with Crippen molar-refractivity contribution in [2.45, 2.75) is 65.4 Å². The standard InChI is InChI=1S/C19H38N4O3/c1-6-20-16(23-15-19(9-7-10-19)11-14-25-5)21-12-8-13-22-17(24)26-18(2,3)4/h6-15H2,1-5H3,(H,22,24)(H2,20,21,23). The molecule has 0 saturated heterocycles. The van der Waals surface area contributed by atoms with Gasteiger partial charge in [-0.25, -0.2) is 4.79 Å². The van der Waals surface area contributed by atoms with Gasteiger partial charge >= 0.3 is 6.09 Å². The summed E-state index contributed by atoms with van der Waals surface area (Å²) in [5.74, 6) is 0.841. The van der Waals surface area contributed by atoms with Crippen LogP contribution in [-0.2, 0) is 9.47 Å². The molecule has 0 aromatic carbocycles. The second-order valence-electron chi connectivity index (χ2n) is 8.00. The molecule has 152 valence electrons. The number of alkyl carbamates (subject to hydrolysis) is 1. The first-order valence-corrected chi connectivity index (χ1v) is 9.78. The molecule has 0 radical (unpaired) electrons. The Morgan fingerprint density at radius 2 is 1.85 bits per heavy atom. The van der Waals surface area contributed by atoms with Crippen LogP contribution in [-0.4, -0.2) is 57.5 Å². The number of amides is 1. The fourth-order valence-electron chi connectivity index (χ4n) is 2.87. The van der Waals surface area contributed by atoms with Gasteiger partial charge in [0.2, 0.25) is 0 Å². The zero-order valence-electron chi connectivity index (χ0n) is 17.2. The van der Waals surface area contributed by atoms with E-state index in [0.717, 1.165) is 45.0 Å². The average molecular weight is 371 g/mol. The fraction of sp³-hybridized carbons (Fsp3) is 0.895. The maximum absolute atomic E-state index is 11.6. The maximum Gasteiger partial charge on any atom is 0.407 e. The van der Waals surface area contributed by atoms with Crippen LogP contribution in [0.2, 0.25) is 0 Å². The van der Waals surface area contributed by atoms with Crippen molar-refractivity contribution in [1.29, 1.82) is 0 Å². The van der Waals surface area contributed by atoms with Gasteiger partial charge in [0, 0.05) is 39.9 Å². The largest absolute Gasteiger partial charge is 0.444 e. The van der Waals surface area contributed by atoms with E-state index in [9.17, 15) is 4.79 Å². The number of hydrogen-bond donors (Lipinski definition) is 3. The maximum atomic E-state index is 11.6. The second kappa shape index (κ2) is 11.3. The van der Waals surface area contributed by atoms with E-state index >= 15 is 0 Å². The molecule has 0 bridgehead atoms. The molecule has 0 atom stereocenters. The summed E-state index contributed by atoms with van der Waals surface area (Å²) in [6.07, 6.45) is 5.27. The van der Waals surface area contributed by atoms with Crippen molar-refractivity contribution < 1.29 is 14.3 Å². The average Bonchev–Trinajstić information content (AvgIpc) is 2.51. The van der Waals surface area contributed by atoms with Crippen LogP contribution < -0.4 is 16.0 Å². The molecule has 1 aliphatic carbocycles. The summed E-state index contributed by atoms with van der Waals surface area (Å²) in [6.45, 7) is 11.4. The van der Waals surface area contributed by atoms with Gasteiger partial charge in [-0.05, 0) is 58.8 Å². The Labute approximate surface area is 158 Å². The van der Waals surface area contributed by atoms with Crippen molar-refractivity contribution in [1.82, 2.24) is 16.0 Å². The number of methoxy groups -OCH3 is 1. The molecule has 1 fully saturated rings. The molecular weight excluding hydrogens is 332 g/mol. The minimum absolute atomic E-state index is 0.316. The Kier molecular flexibility index (Phi) is 9.76. The highest BCUT2D eigenvalue weighted by molar-refractivity contribution is 5.79. The molecule has 0 spiro atoms. The molecule has 7 nitrogen and oxygen atoms in total. The zero-order chi connectivity index (χ0) is 19.5. The van der Waals surface area contributed by atoms with Crippen molar-refractivity contribution in [2.24, 2.45) is 10.4 Å². The Balaban J connectivity index is 2.30. The zero-order valence-corrected chi connectivity index (χ0v) is 17.2. The van der Waals surface area contributed by atoms with Crippen molar-refractivity contribution in [3.63, 3.8) is 0 Å². The molecule has 0 aromatic heterocycles. The Morgan fingerprint density at radius 1 is 1.15 bits per heavy atom. The van der Waals surface area contributed by atoms with Crippen molar-refractivity contribution >= 4 is 12.1 Å². The van der Waals surface area contributed by atoms with Crippen LogP contribution in [0.3, 0.4) is 0 Å². The summed E-state index contributed by atoms with van der Waals surface area (Å²) in [7, 11) is 1.76. The minimum atomic E-state index is -0.465. The Hall–Kier alpha value is -1.50. The van der Waals surface area contributed by atoms with E-state index in [0.29, 0.717) is 12.0 Å².